The van der Waals surface area contributed by atoms with Crippen LogP contribution in [0.25, 0.3) is 0 Å². The summed E-state index contributed by atoms with van der Waals surface area (Å²) >= 11 is 0. The molecule has 1 aliphatic heterocycles. The average molecular weight is 316 g/mol. The molecule has 0 bridgehead atoms. The minimum Gasteiger partial charge on any atom is -0.496 e. The van der Waals surface area contributed by atoms with E-state index in [-0.39, 0.29) is 17.7 Å². The normalized spacial score (nSPS) is 20.7. The number of likely N-dealkylation sites (tertiary alicyclic amines) is 1. The number of hydrogen-bond donors (Lipinski definition) is 1. The molecule has 2 fully saturated rings. The van der Waals surface area contributed by atoms with Gasteiger partial charge in [0.25, 0.3) is 0 Å². The molecular weight excluding hydrogens is 292 g/mol. The molecule has 5 nitrogen and oxygen atoms in total. The quantitative estimate of drug-likeness (QED) is 0.921. The third-order valence-electron chi connectivity index (χ3n) is 5.42. The van der Waals surface area contributed by atoms with Crippen molar-refractivity contribution in [2.75, 3.05) is 20.2 Å². The number of para-hydroxylation sites is 1. The maximum atomic E-state index is 13.2. The molecule has 1 saturated carbocycles. The molecule has 0 unspecified atom stereocenters. The largest absolute Gasteiger partial charge is 0.496 e. The molecule has 1 aromatic rings. The molecule has 1 heterocycles. The highest BCUT2D eigenvalue weighted by atomic mass is 16.5. The van der Waals surface area contributed by atoms with E-state index in [9.17, 15) is 9.59 Å². The molecule has 0 radical (unpaired) electrons. The van der Waals surface area contributed by atoms with Gasteiger partial charge < -0.3 is 15.4 Å². The van der Waals surface area contributed by atoms with Crippen LogP contribution in [0.5, 0.6) is 5.75 Å². The Balaban J connectivity index is 1.81. The number of amides is 2. The fourth-order valence-corrected chi connectivity index (χ4v) is 3.84. The van der Waals surface area contributed by atoms with Crippen molar-refractivity contribution in [3.63, 3.8) is 0 Å². The average Bonchev–Trinajstić information content (AvgIpc) is 2.54. The molecule has 2 amide bonds. The zero-order valence-electron chi connectivity index (χ0n) is 13.6. The van der Waals surface area contributed by atoms with Crippen LogP contribution in [-0.4, -0.2) is 36.9 Å². The Bertz CT molecular complexity index is 602. The van der Waals surface area contributed by atoms with Gasteiger partial charge >= 0.3 is 0 Å². The van der Waals surface area contributed by atoms with Gasteiger partial charge in [-0.15, -0.1) is 0 Å². The minimum absolute atomic E-state index is 0.0948. The molecule has 1 saturated heterocycles. The lowest BCUT2D eigenvalue weighted by atomic mass is 9.63. The van der Waals surface area contributed by atoms with Gasteiger partial charge in [0.2, 0.25) is 11.8 Å². The summed E-state index contributed by atoms with van der Waals surface area (Å²) in [5, 5.41) is 0. The monoisotopic (exact) mass is 316 g/mol. The van der Waals surface area contributed by atoms with Crippen molar-refractivity contribution in [1.29, 1.82) is 0 Å². The van der Waals surface area contributed by atoms with E-state index >= 15 is 0 Å². The van der Waals surface area contributed by atoms with Crippen molar-refractivity contribution < 1.29 is 14.3 Å². The predicted octanol–water partition coefficient (Wildman–Crippen LogP) is 1.84. The highest BCUT2D eigenvalue weighted by Gasteiger charge is 2.49. The maximum Gasteiger partial charge on any atom is 0.233 e. The second kappa shape index (κ2) is 6.22. The van der Waals surface area contributed by atoms with Crippen LogP contribution < -0.4 is 10.5 Å². The van der Waals surface area contributed by atoms with E-state index in [1.54, 1.807) is 7.11 Å². The van der Waals surface area contributed by atoms with Crippen molar-refractivity contribution >= 4 is 11.8 Å². The number of methoxy groups -OCH3 is 1. The van der Waals surface area contributed by atoms with Crippen molar-refractivity contribution in [3.8, 4) is 5.75 Å². The first-order valence-corrected chi connectivity index (χ1v) is 8.30. The number of benzene rings is 1. The van der Waals surface area contributed by atoms with Crippen LogP contribution in [0.3, 0.4) is 0 Å². The van der Waals surface area contributed by atoms with Crippen molar-refractivity contribution in [2.45, 2.75) is 37.5 Å². The van der Waals surface area contributed by atoms with Crippen LogP contribution in [0.4, 0.5) is 0 Å². The van der Waals surface area contributed by atoms with Crippen LogP contribution in [-0.2, 0) is 15.0 Å². The van der Waals surface area contributed by atoms with E-state index in [4.69, 9.17) is 10.5 Å². The number of carbonyl (C=O) groups is 2. The summed E-state index contributed by atoms with van der Waals surface area (Å²) in [4.78, 5) is 26.4. The number of carbonyl (C=O) groups excluding carboxylic acids is 2. The Hall–Kier alpha value is -2.04. The molecule has 23 heavy (non-hydrogen) atoms. The van der Waals surface area contributed by atoms with Crippen molar-refractivity contribution in [1.82, 2.24) is 4.90 Å². The first kappa shape index (κ1) is 15.8. The maximum absolute atomic E-state index is 13.2. The summed E-state index contributed by atoms with van der Waals surface area (Å²) in [6, 6.07) is 7.82. The van der Waals surface area contributed by atoms with Gasteiger partial charge in [0.15, 0.2) is 0 Å². The molecule has 0 spiro atoms. The van der Waals surface area contributed by atoms with Gasteiger partial charge in [-0.05, 0) is 31.7 Å². The first-order valence-electron chi connectivity index (χ1n) is 8.30. The lowest BCUT2D eigenvalue weighted by Crippen LogP contribution is -2.53. The highest BCUT2D eigenvalue weighted by molar-refractivity contribution is 5.90. The number of nitrogens with zero attached hydrogens (tertiary/aromatic N) is 1. The van der Waals surface area contributed by atoms with E-state index in [0.29, 0.717) is 25.9 Å². The molecule has 3 rings (SSSR count). The second-order valence-electron chi connectivity index (χ2n) is 6.60. The number of piperidine rings is 1. The molecule has 0 atom stereocenters. The van der Waals surface area contributed by atoms with Crippen LogP contribution in [0.2, 0.25) is 0 Å². The summed E-state index contributed by atoms with van der Waals surface area (Å²) < 4.78 is 5.48. The lowest BCUT2D eigenvalue weighted by Gasteiger charge is -2.45. The topological polar surface area (TPSA) is 72.6 Å². The third kappa shape index (κ3) is 2.69. The number of primary amides is 1. The van der Waals surface area contributed by atoms with Crippen LogP contribution in [0.1, 0.15) is 37.7 Å². The summed E-state index contributed by atoms with van der Waals surface area (Å²) in [7, 11) is 1.65. The van der Waals surface area contributed by atoms with Gasteiger partial charge in [0.05, 0.1) is 12.5 Å². The van der Waals surface area contributed by atoms with Crippen LogP contribution >= 0.6 is 0 Å². The molecule has 1 aromatic carbocycles. The first-order chi connectivity index (χ1) is 11.1. The molecular formula is C18H24N2O3. The molecule has 2 N–H and O–H groups in total. The number of nitrogens with two attached hydrogens (primary N) is 1. The SMILES string of the molecule is COc1ccccc1C1(C(=O)N2CCC(C(N)=O)CC2)CCC1. The summed E-state index contributed by atoms with van der Waals surface area (Å²) in [6.45, 7) is 1.23. The van der Waals surface area contributed by atoms with Gasteiger partial charge in [-0.25, -0.2) is 0 Å². The van der Waals surface area contributed by atoms with Crippen LogP contribution in [0, 0.1) is 5.92 Å². The minimum atomic E-state index is -0.452. The van der Waals surface area contributed by atoms with Gasteiger partial charge in [-0.2, -0.15) is 0 Å². The Morgan fingerprint density at radius 1 is 1.22 bits per heavy atom. The molecule has 5 heteroatoms. The Morgan fingerprint density at radius 3 is 2.39 bits per heavy atom. The fourth-order valence-electron chi connectivity index (χ4n) is 3.84. The number of rotatable bonds is 4. The lowest BCUT2D eigenvalue weighted by molar-refractivity contribution is -0.143. The molecule has 124 valence electrons. The van der Waals surface area contributed by atoms with Crippen molar-refractivity contribution in [3.05, 3.63) is 29.8 Å². The Labute approximate surface area is 136 Å². The van der Waals surface area contributed by atoms with Gasteiger partial charge in [0.1, 0.15) is 5.75 Å². The van der Waals surface area contributed by atoms with Crippen molar-refractivity contribution in [2.24, 2.45) is 11.7 Å². The molecule has 1 aliphatic carbocycles. The van der Waals surface area contributed by atoms with Gasteiger partial charge in [-0.1, -0.05) is 24.6 Å². The molecule has 0 aromatic heterocycles. The van der Waals surface area contributed by atoms with E-state index < -0.39 is 5.41 Å². The predicted molar refractivity (Wildman–Crippen MR) is 87.0 cm³/mol. The fraction of sp³-hybridized carbons (Fsp3) is 0.556. The smallest absolute Gasteiger partial charge is 0.233 e. The van der Waals surface area contributed by atoms with E-state index in [1.807, 2.05) is 29.2 Å². The van der Waals surface area contributed by atoms with E-state index in [2.05, 4.69) is 0 Å². The van der Waals surface area contributed by atoms with Crippen LogP contribution in [0.15, 0.2) is 24.3 Å². The standard InChI is InChI=1S/C18H24N2O3/c1-23-15-6-3-2-5-14(15)18(9-4-10-18)17(22)20-11-7-13(8-12-20)16(19)21/h2-3,5-6,13H,4,7-12H2,1H3,(H2,19,21). The van der Waals surface area contributed by atoms with Gasteiger partial charge in [-0.3, -0.25) is 9.59 Å². The number of ether oxygens (including phenoxy) is 1. The second-order valence-corrected chi connectivity index (χ2v) is 6.60. The zero-order valence-corrected chi connectivity index (χ0v) is 13.6. The third-order valence-corrected chi connectivity index (χ3v) is 5.42. The Morgan fingerprint density at radius 2 is 1.87 bits per heavy atom. The Kier molecular flexibility index (Phi) is 4.28. The summed E-state index contributed by atoms with van der Waals surface area (Å²) in [5.41, 5.74) is 5.93. The van der Waals surface area contributed by atoms with Gasteiger partial charge in [0, 0.05) is 24.6 Å². The van der Waals surface area contributed by atoms with E-state index in [0.717, 1.165) is 30.6 Å². The summed E-state index contributed by atoms with van der Waals surface area (Å²) in [6.07, 6.45) is 4.12. The van der Waals surface area contributed by atoms with E-state index in [1.165, 1.54) is 0 Å². The zero-order chi connectivity index (χ0) is 16.4. The molecule has 2 aliphatic rings. The highest BCUT2D eigenvalue weighted by Crippen LogP contribution is 2.48. The number of hydrogen-bond acceptors (Lipinski definition) is 3. The summed E-state index contributed by atoms with van der Waals surface area (Å²) in [5.74, 6) is 0.617.